The number of amides is 2. The fourth-order valence-electron chi connectivity index (χ4n) is 6.34. The zero-order chi connectivity index (χ0) is 22.1. The van der Waals surface area contributed by atoms with Crippen LogP contribution in [0, 0.1) is 5.92 Å². The topological polar surface area (TPSA) is 67.9 Å². The Morgan fingerprint density at radius 1 is 1.06 bits per heavy atom. The van der Waals surface area contributed by atoms with Gasteiger partial charge in [-0.15, -0.1) is 0 Å². The minimum atomic E-state index is -0.0114. The van der Waals surface area contributed by atoms with Gasteiger partial charge in [0.25, 0.3) is 0 Å². The van der Waals surface area contributed by atoms with Gasteiger partial charge in [0.15, 0.2) is 0 Å². The molecule has 1 aromatic carbocycles. The second kappa shape index (κ2) is 9.49. The number of nitrogens with zero attached hydrogens (tertiary/aromatic N) is 3. The van der Waals surface area contributed by atoms with E-state index in [-0.39, 0.29) is 35.9 Å². The molecule has 174 valence electrons. The Kier molecular flexibility index (Phi) is 6.49. The SMILES string of the molecule is CCN1C(=O)C2CCNN2C2CCC(C(=O)NC3CCN(Cc4ccccc4)CC3)CC21. The standard InChI is InChI=1S/C25H37N5O2/c1-2-29-23-16-19(8-9-21(23)30-22(25(29)32)10-13-26-30)24(31)27-20-11-14-28(15-12-20)17-18-6-4-3-5-7-18/h3-7,19-23,26H,2,8-17H2,1H3,(H,27,31). The van der Waals surface area contributed by atoms with Crippen LogP contribution < -0.4 is 10.7 Å². The molecule has 1 aliphatic carbocycles. The summed E-state index contributed by atoms with van der Waals surface area (Å²) in [5, 5.41) is 5.58. The normalized spacial score (nSPS) is 31.9. The van der Waals surface area contributed by atoms with Crippen molar-refractivity contribution in [2.45, 2.75) is 76.2 Å². The maximum atomic E-state index is 13.2. The monoisotopic (exact) mass is 439 g/mol. The molecule has 32 heavy (non-hydrogen) atoms. The van der Waals surface area contributed by atoms with Gasteiger partial charge < -0.3 is 10.2 Å². The summed E-state index contributed by atoms with van der Waals surface area (Å²) >= 11 is 0. The number of benzene rings is 1. The highest BCUT2D eigenvalue weighted by Crippen LogP contribution is 2.37. The van der Waals surface area contributed by atoms with E-state index in [1.54, 1.807) is 0 Å². The number of nitrogens with one attached hydrogen (secondary N) is 2. The van der Waals surface area contributed by atoms with Gasteiger partial charge in [-0.05, 0) is 51.0 Å². The van der Waals surface area contributed by atoms with Gasteiger partial charge in [0.05, 0.1) is 0 Å². The van der Waals surface area contributed by atoms with E-state index in [9.17, 15) is 9.59 Å². The number of hydrazine groups is 1. The van der Waals surface area contributed by atoms with Crippen LogP contribution in [0.2, 0.25) is 0 Å². The highest BCUT2D eigenvalue weighted by molar-refractivity contribution is 5.84. The first-order valence-electron chi connectivity index (χ1n) is 12.5. The van der Waals surface area contributed by atoms with E-state index in [2.05, 4.69) is 62.8 Å². The molecule has 7 heteroatoms. The van der Waals surface area contributed by atoms with Crippen LogP contribution in [-0.2, 0) is 16.1 Å². The molecule has 1 aromatic rings. The predicted molar refractivity (Wildman–Crippen MR) is 123 cm³/mol. The lowest BCUT2D eigenvalue weighted by Gasteiger charge is -2.51. The van der Waals surface area contributed by atoms with Crippen molar-refractivity contribution in [1.82, 2.24) is 25.6 Å². The summed E-state index contributed by atoms with van der Waals surface area (Å²) in [6, 6.07) is 11.3. The summed E-state index contributed by atoms with van der Waals surface area (Å²) in [5.74, 6) is 0.454. The van der Waals surface area contributed by atoms with Crippen LogP contribution in [0.4, 0.5) is 0 Å². The molecule has 7 nitrogen and oxygen atoms in total. The molecule has 0 spiro atoms. The van der Waals surface area contributed by atoms with Crippen molar-refractivity contribution in [2.24, 2.45) is 5.92 Å². The summed E-state index contributed by atoms with van der Waals surface area (Å²) in [4.78, 5) is 30.7. The number of rotatable bonds is 5. The van der Waals surface area contributed by atoms with E-state index in [1.807, 2.05) is 0 Å². The van der Waals surface area contributed by atoms with Gasteiger partial charge in [-0.3, -0.25) is 19.9 Å². The second-order valence-electron chi connectivity index (χ2n) is 9.93. The van der Waals surface area contributed by atoms with Crippen molar-refractivity contribution in [2.75, 3.05) is 26.2 Å². The summed E-state index contributed by atoms with van der Waals surface area (Å²) in [6.07, 6.45) is 5.59. The minimum absolute atomic E-state index is 0.0114. The van der Waals surface area contributed by atoms with Crippen LogP contribution in [0.5, 0.6) is 0 Å². The molecule has 3 aliphatic heterocycles. The number of piperazine rings is 1. The van der Waals surface area contributed by atoms with Crippen LogP contribution >= 0.6 is 0 Å². The van der Waals surface area contributed by atoms with Gasteiger partial charge >= 0.3 is 0 Å². The first-order valence-corrected chi connectivity index (χ1v) is 12.5. The second-order valence-corrected chi connectivity index (χ2v) is 9.93. The molecular weight excluding hydrogens is 402 g/mol. The van der Waals surface area contributed by atoms with E-state index in [1.165, 1.54) is 5.56 Å². The maximum absolute atomic E-state index is 13.2. The van der Waals surface area contributed by atoms with E-state index in [4.69, 9.17) is 0 Å². The van der Waals surface area contributed by atoms with E-state index < -0.39 is 0 Å². The van der Waals surface area contributed by atoms with Crippen molar-refractivity contribution >= 4 is 11.8 Å². The molecule has 4 atom stereocenters. The zero-order valence-corrected chi connectivity index (χ0v) is 19.2. The van der Waals surface area contributed by atoms with Gasteiger partial charge in [0.1, 0.15) is 6.04 Å². The van der Waals surface area contributed by atoms with Gasteiger partial charge in [0, 0.05) is 56.8 Å². The number of fused-ring (bicyclic) bond motifs is 3. The van der Waals surface area contributed by atoms with E-state index in [0.717, 1.165) is 71.2 Å². The Labute approximate surface area is 191 Å². The number of likely N-dealkylation sites (N-methyl/N-ethyl adjacent to an activating group) is 1. The predicted octanol–water partition coefficient (Wildman–Crippen LogP) is 1.75. The molecule has 3 heterocycles. The lowest BCUT2D eigenvalue weighted by Crippen LogP contribution is -2.68. The van der Waals surface area contributed by atoms with Crippen molar-refractivity contribution in [3.8, 4) is 0 Å². The fourth-order valence-corrected chi connectivity index (χ4v) is 6.34. The molecule has 4 unspecified atom stereocenters. The Morgan fingerprint density at radius 2 is 1.84 bits per heavy atom. The summed E-state index contributed by atoms with van der Waals surface area (Å²) in [5.41, 5.74) is 4.80. The van der Waals surface area contributed by atoms with Crippen molar-refractivity contribution in [3.05, 3.63) is 35.9 Å². The molecule has 2 N–H and O–H groups in total. The van der Waals surface area contributed by atoms with E-state index >= 15 is 0 Å². The number of hydrogen-bond acceptors (Lipinski definition) is 5. The van der Waals surface area contributed by atoms with Crippen LogP contribution in [0.3, 0.4) is 0 Å². The lowest BCUT2D eigenvalue weighted by atomic mass is 9.78. The highest BCUT2D eigenvalue weighted by Gasteiger charge is 2.51. The maximum Gasteiger partial charge on any atom is 0.241 e. The van der Waals surface area contributed by atoms with Crippen LogP contribution in [0.15, 0.2) is 30.3 Å². The summed E-state index contributed by atoms with van der Waals surface area (Å²) in [6.45, 7) is 6.72. The van der Waals surface area contributed by atoms with Gasteiger partial charge in [-0.25, -0.2) is 5.01 Å². The molecule has 4 aliphatic rings. The zero-order valence-electron chi connectivity index (χ0n) is 19.2. The van der Waals surface area contributed by atoms with Crippen molar-refractivity contribution in [3.63, 3.8) is 0 Å². The largest absolute Gasteiger partial charge is 0.353 e. The number of piperidine rings is 1. The third-order valence-electron chi connectivity index (χ3n) is 8.05. The fraction of sp³-hybridized carbons (Fsp3) is 0.680. The highest BCUT2D eigenvalue weighted by atomic mass is 16.2. The smallest absolute Gasteiger partial charge is 0.241 e. The van der Waals surface area contributed by atoms with Gasteiger partial charge in [-0.1, -0.05) is 30.3 Å². The van der Waals surface area contributed by atoms with Gasteiger partial charge in [-0.2, -0.15) is 0 Å². The molecule has 2 amide bonds. The molecule has 5 rings (SSSR count). The van der Waals surface area contributed by atoms with E-state index in [0.29, 0.717) is 6.04 Å². The van der Waals surface area contributed by atoms with Crippen molar-refractivity contribution in [1.29, 1.82) is 0 Å². The average molecular weight is 440 g/mol. The molecule has 0 radical (unpaired) electrons. The quantitative estimate of drug-likeness (QED) is 0.732. The molecule has 1 saturated carbocycles. The van der Waals surface area contributed by atoms with Crippen LogP contribution in [-0.4, -0.2) is 77.0 Å². The molecule has 0 aromatic heterocycles. The minimum Gasteiger partial charge on any atom is -0.353 e. The Balaban J connectivity index is 1.14. The van der Waals surface area contributed by atoms with Crippen LogP contribution in [0.25, 0.3) is 0 Å². The first kappa shape index (κ1) is 21.9. The number of likely N-dealkylation sites (tertiary alicyclic amines) is 1. The number of carbonyl (C=O) groups is 2. The summed E-state index contributed by atoms with van der Waals surface area (Å²) in [7, 11) is 0. The average Bonchev–Trinajstić information content (AvgIpc) is 3.32. The molecular formula is C25H37N5O2. The lowest BCUT2D eigenvalue weighted by molar-refractivity contribution is -0.155. The third kappa shape index (κ3) is 4.30. The first-order chi connectivity index (χ1) is 15.6. The Bertz CT molecular complexity index is 810. The number of carbonyl (C=O) groups excluding carboxylic acids is 2. The van der Waals surface area contributed by atoms with Crippen LogP contribution in [0.1, 0.15) is 51.0 Å². The molecule has 4 fully saturated rings. The molecule has 0 bridgehead atoms. The number of hydrogen-bond donors (Lipinski definition) is 2. The molecule has 3 saturated heterocycles. The Hall–Kier alpha value is -1.96. The van der Waals surface area contributed by atoms with Crippen molar-refractivity contribution < 1.29 is 9.59 Å². The summed E-state index contributed by atoms with van der Waals surface area (Å²) < 4.78 is 0. The van der Waals surface area contributed by atoms with Gasteiger partial charge in [0.2, 0.25) is 11.8 Å². The third-order valence-corrected chi connectivity index (χ3v) is 8.05. The Morgan fingerprint density at radius 3 is 2.59 bits per heavy atom.